The maximum atomic E-state index is 13.3. The first-order valence-electron chi connectivity index (χ1n) is 9.85. The number of carbonyl (C=O) groups excluding carboxylic acids is 3. The van der Waals surface area contributed by atoms with E-state index < -0.39 is 34.0 Å². The second-order valence-corrected chi connectivity index (χ2v) is 9.24. The van der Waals surface area contributed by atoms with Gasteiger partial charge in [0.25, 0.3) is 15.9 Å². The van der Waals surface area contributed by atoms with Gasteiger partial charge in [-0.1, -0.05) is 29.8 Å². The third-order valence-corrected chi connectivity index (χ3v) is 7.10. The van der Waals surface area contributed by atoms with Crippen LogP contribution in [-0.2, 0) is 26.0 Å². The maximum absolute atomic E-state index is 13.3. The summed E-state index contributed by atoms with van der Waals surface area (Å²) in [5.74, 6) is -1.75. The minimum Gasteiger partial charge on any atom is -0.449 e. The third-order valence-electron chi connectivity index (χ3n) is 4.81. The summed E-state index contributed by atoms with van der Waals surface area (Å²) in [4.78, 5) is 35.7. The number of urea groups is 1. The number of anilines is 1. The molecule has 0 saturated heterocycles. The van der Waals surface area contributed by atoms with Crippen molar-refractivity contribution in [1.82, 2.24) is 10.6 Å². The first-order valence-corrected chi connectivity index (χ1v) is 11.7. The number of esters is 1. The van der Waals surface area contributed by atoms with Gasteiger partial charge >= 0.3 is 12.0 Å². The van der Waals surface area contributed by atoms with E-state index in [-0.39, 0.29) is 22.0 Å². The largest absolute Gasteiger partial charge is 0.449 e. The zero-order valence-electron chi connectivity index (χ0n) is 17.4. The molecule has 1 aliphatic rings. The van der Waals surface area contributed by atoms with E-state index in [2.05, 4.69) is 5.32 Å². The Labute approximate surface area is 190 Å². The molecule has 170 valence electrons. The van der Waals surface area contributed by atoms with Crippen molar-refractivity contribution in [1.29, 1.82) is 0 Å². The van der Waals surface area contributed by atoms with Crippen LogP contribution >= 0.6 is 11.6 Å². The van der Waals surface area contributed by atoms with E-state index in [1.807, 2.05) is 17.4 Å². The number of rotatable bonds is 6. The lowest BCUT2D eigenvalue weighted by Gasteiger charge is -2.20. The highest BCUT2D eigenvalue weighted by Gasteiger charge is 2.33. The molecular weight excluding hydrogens is 458 g/mol. The summed E-state index contributed by atoms with van der Waals surface area (Å²) in [6.07, 6.45) is -0.723. The van der Waals surface area contributed by atoms with Crippen molar-refractivity contribution in [3.63, 3.8) is 0 Å². The quantitative estimate of drug-likeness (QED) is 0.614. The summed E-state index contributed by atoms with van der Waals surface area (Å²) in [5.41, 5.74) is 1.36. The number of ether oxygens (including phenoxy) is 1. The summed E-state index contributed by atoms with van der Waals surface area (Å²) in [7, 11) is -4.04. The van der Waals surface area contributed by atoms with Gasteiger partial charge in [-0.25, -0.2) is 18.0 Å². The van der Waals surface area contributed by atoms with Gasteiger partial charge in [-0.15, -0.1) is 0 Å². The molecule has 9 nitrogen and oxygen atoms in total. The molecule has 3 amide bonds. The number of halogens is 1. The molecule has 1 unspecified atom stereocenters. The van der Waals surface area contributed by atoms with Crippen LogP contribution in [0.4, 0.5) is 10.5 Å². The monoisotopic (exact) mass is 479 g/mol. The molecule has 3 rings (SSSR count). The van der Waals surface area contributed by atoms with Crippen LogP contribution in [0.25, 0.3) is 0 Å². The number of para-hydroxylation sites is 1. The second-order valence-electron chi connectivity index (χ2n) is 7.00. The summed E-state index contributed by atoms with van der Waals surface area (Å²) in [6, 6.07) is 10.1. The van der Waals surface area contributed by atoms with Gasteiger partial charge in [0.15, 0.2) is 6.10 Å². The number of nitrogens with zero attached hydrogens (tertiary/aromatic N) is 1. The van der Waals surface area contributed by atoms with Crippen molar-refractivity contribution >= 4 is 45.2 Å². The summed E-state index contributed by atoms with van der Waals surface area (Å²) >= 11 is 6.17. The highest BCUT2D eigenvalue weighted by molar-refractivity contribution is 7.93. The van der Waals surface area contributed by atoms with Crippen LogP contribution in [0.5, 0.6) is 0 Å². The Morgan fingerprint density at radius 3 is 2.62 bits per heavy atom. The maximum Gasteiger partial charge on any atom is 0.338 e. The van der Waals surface area contributed by atoms with Crippen molar-refractivity contribution in [2.24, 2.45) is 0 Å². The van der Waals surface area contributed by atoms with Crippen LogP contribution in [0.3, 0.4) is 0 Å². The third kappa shape index (κ3) is 4.86. The van der Waals surface area contributed by atoms with Crippen molar-refractivity contribution in [3.05, 3.63) is 58.6 Å². The van der Waals surface area contributed by atoms with Gasteiger partial charge in [0.1, 0.15) is 4.90 Å². The van der Waals surface area contributed by atoms with Crippen molar-refractivity contribution < 1.29 is 27.5 Å². The molecule has 0 radical (unpaired) electrons. The fraction of sp³-hybridized carbons (Fsp3) is 0.286. The standard InChI is InChI=1S/C21H22ClN3O6S/c1-3-23-21(28)24-19(26)13(2)31-20(27)15-8-9-16(22)18(12-15)32(29,30)25-11-10-14-6-4-5-7-17(14)25/h4-9,12-13H,3,10-11H2,1-2H3,(H2,23,24,26,28). The SMILES string of the molecule is CCNC(=O)NC(=O)C(C)OC(=O)c1ccc(Cl)c(S(=O)(=O)N2CCc3ccccc32)c1. The fourth-order valence-corrected chi connectivity index (χ4v) is 5.21. The van der Waals surface area contributed by atoms with Gasteiger partial charge < -0.3 is 10.1 Å². The van der Waals surface area contributed by atoms with Crippen molar-refractivity contribution in [3.8, 4) is 0 Å². The molecule has 2 aromatic rings. The zero-order chi connectivity index (χ0) is 23.5. The summed E-state index contributed by atoms with van der Waals surface area (Å²) in [5, 5.41) is 4.37. The van der Waals surface area contributed by atoms with Crippen molar-refractivity contribution in [2.75, 3.05) is 17.4 Å². The molecule has 0 spiro atoms. The van der Waals surface area contributed by atoms with Gasteiger partial charge in [-0.3, -0.25) is 14.4 Å². The van der Waals surface area contributed by atoms with E-state index in [0.29, 0.717) is 18.7 Å². The summed E-state index contributed by atoms with van der Waals surface area (Å²) < 4.78 is 32.9. The van der Waals surface area contributed by atoms with Gasteiger partial charge in [0.2, 0.25) is 0 Å². The van der Waals surface area contributed by atoms with E-state index in [9.17, 15) is 22.8 Å². The van der Waals surface area contributed by atoms with E-state index in [1.54, 1.807) is 19.1 Å². The van der Waals surface area contributed by atoms with Gasteiger partial charge in [-0.2, -0.15) is 0 Å². The smallest absolute Gasteiger partial charge is 0.338 e. The molecule has 2 N–H and O–H groups in total. The Morgan fingerprint density at radius 2 is 1.91 bits per heavy atom. The molecule has 0 fully saturated rings. The highest BCUT2D eigenvalue weighted by Crippen LogP contribution is 2.35. The molecule has 0 aliphatic carbocycles. The molecule has 2 aromatic carbocycles. The number of amides is 3. The minimum atomic E-state index is -4.04. The fourth-order valence-electron chi connectivity index (χ4n) is 3.20. The van der Waals surface area contributed by atoms with Gasteiger partial charge in [0, 0.05) is 13.1 Å². The van der Waals surface area contributed by atoms with E-state index >= 15 is 0 Å². The molecule has 1 atom stereocenters. The Morgan fingerprint density at radius 1 is 1.19 bits per heavy atom. The number of sulfonamides is 1. The molecule has 0 saturated carbocycles. The van der Waals surface area contributed by atoms with Crippen LogP contribution in [-0.4, -0.2) is 45.5 Å². The lowest BCUT2D eigenvalue weighted by molar-refractivity contribution is -0.127. The Balaban J connectivity index is 1.81. The molecule has 1 heterocycles. The van der Waals surface area contributed by atoms with Crippen LogP contribution in [0, 0.1) is 0 Å². The zero-order valence-corrected chi connectivity index (χ0v) is 19.0. The predicted octanol–water partition coefficient (Wildman–Crippen LogP) is 2.48. The normalized spacial score (nSPS) is 13.8. The Hall–Kier alpha value is -3.11. The number of imide groups is 1. The van der Waals surface area contributed by atoms with Crippen LogP contribution in [0.15, 0.2) is 47.4 Å². The number of hydrogen-bond donors (Lipinski definition) is 2. The van der Waals surface area contributed by atoms with E-state index in [0.717, 1.165) is 11.6 Å². The first kappa shape index (κ1) is 23.6. The molecule has 11 heteroatoms. The van der Waals surface area contributed by atoms with Crippen LogP contribution < -0.4 is 14.9 Å². The lowest BCUT2D eigenvalue weighted by atomic mass is 10.2. The summed E-state index contributed by atoms with van der Waals surface area (Å²) in [6.45, 7) is 3.54. The van der Waals surface area contributed by atoms with E-state index in [4.69, 9.17) is 16.3 Å². The number of carbonyl (C=O) groups is 3. The lowest BCUT2D eigenvalue weighted by Crippen LogP contribution is -2.44. The van der Waals surface area contributed by atoms with E-state index in [1.165, 1.54) is 23.4 Å². The average molecular weight is 480 g/mol. The molecular formula is C21H22ClN3O6S. The predicted molar refractivity (Wildman–Crippen MR) is 118 cm³/mol. The first-order chi connectivity index (χ1) is 15.1. The second kappa shape index (κ2) is 9.58. The van der Waals surface area contributed by atoms with Crippen molar-refractivity contribution in [2.45, 2.75) is 31.3 Å². The molecule has 0 bridgehead atoms. The number of fused-ring (bicyclic) bond motifs is 1. The molecule has 32 heavy (non-hydrogen) atoms. The minimum absolute atomic E-state index is 0.0482. The van der Waals surface area contributed by atoms with Crippen LogP contribution in [0.2, 0.25) is 5.02 Å². The topological polar surface area (TPSA) is 122 Å². The highest BCUT2D eigenvalue weighted by atomic mass is 35.5. The Bertz CT molecular complexity index is 1170. The van der Waals surface area contributed by atoms with Gasteiger partial charge in [-0.05, 0) is 50.1 Å². The Kier molecular flexibility index (Phi) is 7.05. The average Bonchev–Trinajstić information content (AvgIpc) is 3.19. The number of nitrogens with one attached hydrogen (secondary N) is 2. The molecule has 0 aromatic heterocycles. The van der Waals surface area contributed by atoms with Gasteiger partial charge in [0.05, 0.1) is 16.3 Å². The number of hydrogen-bond acceptors (Lipinski definition) is 6. The van der Waals surface area contributed by atoms with Crippen LogP contribution in [0.1, 0.15) is 29.8 Å². The molecule has 1 aliphatic heterocycles. The number of benzene rings is 2.